The van der Waals surface area contributed by atoms with Crippen molar-refractivity contribution in [3.05, 3.63) is 34.3 Å². The summed E-state index contributed by atoms with van der Waals surface area (Å²) >= 11 is 3.34. The van der Waals surface area contributed by atoms with Crippen molar-refractivity contribution in [3.63, 3.8) is 0 Å². The van der Waals surface area contributed by atoms with Gasteiger partial charge in [-0.2, -0.15) is 0 Å². The maximum absolute atomic E-state index is 12.2. The van der Waals surface area contributed by atoms with Crippen LogP contribution in [0.3, 0.4) is 0 Å². The molecule has 1 aliphatic heterocycles. The predicted octanol–water partition coefficient (Wildman–Crippen LogP) is 1.99. The third-order valence-electron chi connectivity index (χ3n) is 3.67. The molecule has 22 heavy (non-hydrogen) atoms. The highest BCUT2D eigenvalue weighted by molar-refractivity contribution is 9.10. The lowest BCUT2D eigenvalue weighted by atomic mass is 10.0. The van der Waals surface area contributed by atoms with E-state index >= 15 is 0 Å². The Morgan fingerprint density at radius 2 is 2.23 bits per heavy atom. The van der Waals surface area contributed by atoms with Crippen LogP contribution >= 0.6 is 15.9 Å². The van der Waals surface area contributed by atoms with Crippen LogP contribution in [0, 0.1) is 5.92 Å². The van der Waals surface area contributed by atoms with Crippen LogP contribution in [0.5, 0.6) is 0 Å². The summed E-state index contributed by atoms with van der Waals surface area (Å²) in [6.07, 6.45) is -0.160. The van der Waals surface area contributed by atoms with Gasteiger partial charge in [-0.3, -0.25) is 14.4 Å². The number of amides is 1. The zero-order valence-electron chi connectivity index (χ0n) is 12.0. The number of nitrogens with zero attached hydrogens (tertiary/aromatic N) is 1. The highest BCUT2D eigenvalue weighted by Crippen LogP contribution is 2.32. The molecule has 1 N–H and O–H groups in total. The van der Waals surface area contributed by atoms with Crippen LogP contribution in [0.15, 0.2) is 28.7 Å². The van der Waals surface area contributed by atoms with Gasteiger partial charge in [-0.15, -0.1) is 0 Å². The summed E-state index contributed by atoms with van der Waals surface area (Å²) in [6.45, 7) is 0.177. The molecule has 2 atom stereocenters. The van der Waals surface area contributed by atoms with Crippen LogP contribution in [0.4, 0.5) is 0 Å². The Morgan fingerprint density at radius 1 is 1.50 bits per heavy atom. The number of carboxylic acids is 1. The van der Waals surface area contributed by atoms with E-state index in [1.54, 1.807) is 18.2 Å². The summed E-state index contributed by atoms with van der Waals surface area (Å²) in [5, 5.41) is 9.14. The summed E-state index contributed by atoms with van der Waals surface area (Å²) in [5.74, 6) is -2.22. The molecule has 1 saturated heterocycles. The van der Waals surface area contributed by atoms with E-state index in [9.17, 15) is 14.4 Å². The fourth-order valence-electron chi connectivity index (χ4n) is 2.64. The molecule has 7 heteroatoms. The molecular weight excluding hydrogens is 354 g/mol. The van der Waals surface area contributed by atoms with Crippen LogP contribution in [0.1, 0.15) is 24.4 Å². The van der Waals surface area contributed by atoms with Gasteiger partial charge in [0.05, 0.1) is 25.5 Å². The highest BCUT2D eigenvalue weighted by Gasteiger charge is 2.39. The smallest absolute Gasteiger partial charge is 0.310 e. The molecule has 0 bridgehead atoms. The first-order valence-electron chi connectivity index (χ1n) is 6.77. The van der Waals surface area contributed by atoms with Crippen molar-refractivity contribution in [1.82, 2.24) is 4.90 Å². The topological polar surface area (TPSA) is 83.9 Å². The molecule has 0 spiro atoms. The van der Waals surface area contributed by atoms with Crippen LogP contribution in [-0.4, -0.2) is 41.5 Å². The number of ether oxygens (including phenoxy) is 1. The maximum Gasteiger partial charge on any atom is 0.310 e. The summed E-state index contributed by atoms with van der Waals surface area (Å²) in [4.78, 5) is 36.4. The second-order valence-corrected chi connectivity index (χ2v) is 6.05. The Kier molecular flexibility index (Phi) is 5.18. The van der Waals surface area contributed by atoms with Crippen molar-refractivity contribution in [2.24, 2.45) is 5.92 Å². The van der Waals surface area contributed by atoms with Gasteiger partial charge < -0.3 is 14.7 Å². The minimum absolute atomic E-state index is 0.0524. The number of carboxylic acid groups (broad SMARTS) is 1. The molecule has 0 aromatic heterocycles. The molecular formula is C15H16BrNO5. The van der Waals surface area contributed by atoms with E-state index in [1.165, 1.54) is 12.0 Å². The number of hydrogen-bond acceptors (Lipinski definition) is 4. The van der Waals surface area contributed by atoms with Crippen molar-refractivity contribution in [2.45, 2.75) is 18.9 Å². The zero-order chi connectivity index (χ0) is 16.3. The molecule has 1 amide bonds. The van der Waals surface area contributed by atoms with Crippen LogP contribution in [0.25, 0.3) is 0 Å². The number of halogens is 1. The van der Waals surface area contributed by atoms with Gasteiger partial charge in [0.2, 0.25) is 5.91 Å². The van der Waals surface area contributed by atoms with Crippen LogP contribution in [-0.2, 0) is 19.1 Å². The Balaban J connectivity index is 2.28. The molecule has 1 aromatic carbocycles. The number of aliphatic carboxylic acids is 1. The van der Waals surface area contributed by atoms with E-state index in [0.29, 0.717) is 0 Å². The average molecular weight is 370 g/mol. The molecule has 6 nitrogen and oxygen atoms in total. The minimum atomic E-state index is -1.00. The zero-order valence-corrected chi connectivity index (χ0v) is 13.6. The first kappa shape index (κ1) is 16.5. The number of carbonyl (C=O) groups excluding carboxylic acids is 2. The monoisotopic (exact) mass is 369 g/mol. The first-order chi connectivity index (χ1) is 10.4. The molecule has 1 aliphatic rings. The quantitative estimate of drug-likeness (QED) is 0.802. The number of rotatable bonds is 5. The Morgan fingerprint density at radius 3 is 2.82 bits per heavy atom. The van der Waals surface area contributed by atoms with Gasteiger partial charge in [0.1, 0.15) is 0 Å². The van der Waals surface area contributed by atoms with Gasteiger partial charge in [-0.05, 0) is 17.7 Å². The third-order valence-corrected chi connectivity index (χ3v) is 4.16. The maximum atomic E-state index is 12.2. The molecule has 1 fully saturated rings. The number of hydrogen-bond donors (Lipinski definition) is 1. The van der Waals surface area contributed by atoms with Crippen molar-refractivity contribution in [3.8, 4) is 0 Å². The van der Waals surface area contributed by atoms with Gasteiger partial charge in [0.15, 0.2) is 0 Å². The second-order valence-electron chi connectivity index (χ2n) is 5.14. The van der Waals surface area contributed by atoms with Gasteiger partial charge in [0, 0.05) is 17.4 Å². The SMILES string of the molecule is COC(=O)C1CC(=O)N(C(CC(=O)O)c2cccc(Br)c2)C1. The van der Waals surface area contributed by atoms with E-state index in [-0.39, 0.29) is 25.3 Å². The normalized spacial score (nSPS) is 19.1. The van der Waals surface area contributed by atoms with Crippen LogP contribution < -0.4 is 0 Å². The highest BCUT2D eigenvalue weighted by atomic mass is 79.9. The molecule has 2 unspecified atom stereocenters. The second kappa shape index (κ2) is 6.91. The molecule has 1 heterocycles. The summed E-state index contributed by atoms with van der Waals surface area (Å²) in [7, 11) is 1.28. The number of carbonyl (C=O) groups is 3. The van der Waals surface area contributed by atoms with E-state index in [0.717, 1.165) is 10.0 Å². The van der Waals surface area contributed by atoms with Gasteiger partial charge in [0.25, 0.3) is 0 Å². The fraction of sp³-hybridized carbons (Fsp3) is 0.400. The molecule has 0 radical (unpaired) electrons. The van der Waals surface area contributed by atoms with Crippen molar-refractivity contribution >= 4 is 33.8 Å². The first-order valence-corrected chi connectivity index (χ1v) is 7.56. The summed E-state index contributed by atoms with van der Waals surface area (Å²) in [5.41, 5.74) is 0.718. The summed E-state index contributed by atoms with van der Waals surface area (Å²) < 4.78 is 5.48. The van der Waals surface area contributed by atoms with Gasteiger partial charge in [-0.25, -0.2) is 0 Å². The molecule has 2 rings (SSSR count). The van der Waals surface area contributed by atoms with E-state index in [2.05, 4.69) is 20.7 Å². The average Bonchev–Trinajstić information content (AvgIpc) is 2.85. The number of likely N-dealkylation sites (tertiary alicyclic amines) is 1. The Labute approximate surface area is 136 Å². The van der Waals surface area contributed by atoms with E-state index in [4.69, 9.17) is 5.11 Å². The van der Waals surface area contributed by atoms with E-state index in [1.807, 2.05) is 6.07 Å². The molecule has 0 aliphatic carbocycles. The van der Waals surface area contributed by atoms with Gasteiger partial charge in [-0.1, -0.05) is 28.1 Å². The lowest BCUT2D eigenvalue weighted by Gasteiger charge is -2.27. The number of benzene rings is 1. The van der Waals surface area contributed by atoms with Crippen LogP contribution in [0.2, 0.25) is 0 Å². The van der Waals surface area contributed by atoms with E-state index < -0.39 is 23.9 Å². The summed E-state index contributed by atoms with van der Waals surface area (Å²) in [6, 6.07) is 6.57. The van der Waals surface area contributed by atoms with Crippen molar-refractivity contribution < 1.29 is 24.2 Å². The standard InChI is InChI=1S/C15H16BrNO5/c1-22-15(21)10-6-13(18)17(8-10)12(7-14(19)20)9-3-2-4-11(16)5-9/h2-5,10,12H,6-8H2,1H3,(H,19,20). The third kappa shape index (κ3) is 3.65. The lowest BCUT2D eigenvalue weighted by molar-refractivity contribution is -0.145. The predicted molar refractivity (Wildman–Crippen MR) is 81.0 cm³/mol. The largest absolute Gasteiger partial charge is 0.481 e. The molecule has 1 aromatic rings. The minimum Gasteiger partial charge on any atom is -0.481 e. The molecule has 0 saturated carbocycles. The van der Waals surface area contributed by atoms with Gasteiger partial charge >= 0.3 is 11.9 Å². The van der Waals surface area contributed by atoms with Crippen molar-refractivity contribution in [2.75, 3.05) is 13.7 Å². The lowest BCUT2D eigenvalue weighted by Crippen LogP contribution is -2.32. The Bertz CT molecular complexity index is 603. The molecule has 118 valence electrons. The number of esters is 1. The fourth-order valence-corrected chi connectivity index (χ4v) is 3.06. The Hall–Kier alpha value is -1.89. The number of methoxy groups -OCH3 is 1. The van der Waals surface area contributed by atoms with Crippen molar-refractivity contribution in [1.29, 1.82) is 0 Å².